The van der Waals surface area contributed by atoms with Crippen LogP contribution in [0.3, 0.4) is 0 Å². The van der Waals surface area contributed by atoms with Crippen molar-refractivity contribution in [3.05, 3.63) is 80.7 Å². The molecule has 7 heteroatoms. The van der Waals surface area contributed by atoms with Gasteiger partial charge in [-0.3, -0.25) is 14.9 Å². The molecule has 126 valence electrons. The second-order valence-corrected chi connectivity index (χ2v) is 6.25. The average Bonchev–Trinajstić information content (AvgIpc) is 3.11. The van der Waals surface area contributed by atoms with E-state index in [1.165, 1.54) is 23.5 Å². The molecule has 0 aliphatic heterocycles. The largest absolute Gasteiger partial charge is 0.352 e. The number of nitro benzene ring substituents is 1. The van der Waals surface area contributed by atoms with Crippen LogP contribution in [0.4, 0.5) is 5.69 Å². The summed E-state index contributed by atoms with van der Waals surface area (Å²) in [5.41, 5.74) is 2.09. The summed E-state index contributed by atoms with van der Waals surface area (Å²) in [5.74, 6) is -0.115. The Morgan fingerprint density at radius 2 is 1.96 bits per heavy atom. The lowest BCUT2D eigenvalue weighted by Gasteiger charge is -2.03. The van der Waals surface area contributed by atoms with E-state index in [2.05, 4.69) is 10.3 Å². The molecule has 1 amide bonds. The minimum absolute atomic E-state index is 0.0437. The van der Waals surface area contributed by atoms with Gasteiger partial charge in [-0.05, 0) is 12.1 Å². The highest BCUT2D eigenvalue weighted by atomic mass is 32.1. The minimum Gasteiger partial charge on any atom is -0.352 e. The summed E-state index contributed by atoms with van der Waals surface area (Å²) in [4.78, 5) is 26.9. The van der Waals surface area contributed by atoms with E-state index >= 15 is 0 Å². The van der Waals surface area contributed by atoms with Crippen molar-refractivity contribution in [3.63, 3.8) is 0 Å². The standard InChI is InChI=1S/C18H15N3O3S/c22-18(13-5-2-1-3-6-13)19-10-9-17-20-16(12-25-17)14-7-4-8-15(11-14)21(23)24/h1-8,11-12H,9-10H2,(H,19,22). The van der Waals surface area contributed by atoms with Gasteiger partial charge in [-0.2, -0.15) is 0 Å². The molecule has 0 radical (unpaired) electrons. The summed E-state index contributed by atoms with van der Waals surface area (Å²) in [6.45, 7) is 0.482. The third kappa shape index (κ3) is 4.27. The summed E-state index contributed by atoms with van der Waals surface area (Å²) in [6.07, 6.45) is 0.609. The lowest BCUT2D eigenvalue weighted by molar-refractivity contribution is -0.384. The lowest BCUT2D eigenvalue weighted by Crippen LogP contribution is -2.25. The zero-order chi connectivity index (χ0) is 17.6. The van der Waals surface area contributed by atoms with Gasteiger partial charge < -0.3 is 5.32 Å². The van der Waals surface area contributed by atoms with E-state index in [0.29, 0.717) is 29.8 Å². The molecule has 6 nitrogen and oxygen atoms in total. The maximum atomic E-state index is 12.0. The Morgan fingerprint density at radius 3 is 2.72 bits per heavy atom. The topological polar surface area (TPSA) is 85.1 Å². The van der Waals surface area contributed by atoms with E-state index in [1.54, 1.807) is 24.3 Å². The Kier molecular flexibility index (Phi) is 5.15. The molecule has 0 unspecified atom stereocenters. The second kappa shape index (κ2) is 7.67. The number of hydrogen-bond acceptors (Lipinski definition) is 5. The number of nitro groups is 1. The van der Waals surface area contributed by atoms with Crippen LogP contribution in [0.25, 0.3) is 11.3 Å². The molecule has 1 heterocycles. The molecule has 2 aromatic carbocycles. The molecule has 3 rings (SSSR count). The third-order valence-corrected chi connectivity index (χ3v) is 4.47. The second-order valence-electron chi connectivity index (χ2n) is 5.31. The van der Waals surface area contributed by atoms with Gasteiger partial charge in [0.25, 0.3) is 11.6 Å². The maximum absolute atomic E-state index is 12.0. The van der Waals surface area contributed by atoms with Gasteiger partial charge >= 0.3 is 0 Å². The number of nitrogens with one attached hydrogen (secondary N) is 1. The Balaban J connectivity index is 1.60. The van der Waals surface area contributed by atoms with Crippen LogP contribution in [-0.2, 0) is 6.42 Å². The Labute approximate surface area is 148 Å². The van der Waals surface area contributed by atoms with Crippen LogP contribution in [0.5, 0.6) is 0 Å². The van der Waals surface area contributed by atoms with E-state index < -0.39 is 4.92 Å². The molecule has 0 aliphatic carbocycles. The molecule has 0 fully saturated rings. The van der Waals surface area contributed by atoms with Gasteiger partial charge in [0.15, 0.2) is 0 Å². The summed E-state index contributed by atoms with van der Waals surface area (Å²) < 4.78 is 0. The fourth-order valence-corrected chi connectivity index (χ4v) is 3.12. The number of hydrogen-bond donors (Lipinski definition) is 1. The summed E-state index contributed by atoms with van der Waals surface area (Å²) in [5, 5.41) is 16.5. The first kappa shape index (κ1) is 16.8. The van der Waals surface area contributed by atoms with Gasteiger partial charge in [-0.1, -0.05) is 30.3 Å². The number of thiazole rings is 1. The number of amides is 1. The fraction of sp³-hybridized carbons (Fsp3) is 0.111. The first-order valence-corrected chi connectivity index (χ1v) is 8.54. The van der Waals surface area contributed by atoms with Crippen molar-refractivity contribution < 1.29 is 9.72 Å². The highest BCUT2D eigenvalue weighted by molar-refractivity contribution is 7.09. The first-order chi connectivity index (χ1) is 12.1. The highest BCUT2D eigenvalue weighted by Gasteiger charge is 2.10. The number of carbonyl (C=O) groups is 1. The van der Waals surface area contributed by atoms with Crippen molar-refractivity contribution in [2.45, 2.75) is 6.42 Å². The molecule has 0 saturated carbocycles. The summed E-state index contributed by atoms with van der Waals surface area (Å²) in [7, 11) is 0. The minimum atomic E-state index is -0.421. The maximum Gasteiger partial charge on any atom is 0.270 e. The predicted octanol–water partition coefficient (Wildman–Crippen LogP) is 3.69. The Morgan fingerprint density at radius 1 is 1.16 bits per heavy atom. The van der Waals surface area contributed by atoms with Crippen LogP contribution in [0.1, 0.15) is 15.4 Å². The SMILES string of the molecule is O=C(NCCc1nc(-c2cccc([N+](=O)[O-])c2)cs1)c1ccccc1. The molecule has 0 spiro atoms. The van der Waals surface area contributed by atoms with Crippen molar-refractivity contribution in [1.29, 1.82) is 0 Å². The number of carbonyl (C=O) groups excluding carboxylic acids is 1. The number of benzene rings is 2. The van der Waals surface area contributed by atoms with Gasteiger partial charge in [0.05, 0.1) is 15.6 Å². The monoisotopic (exact) mass is 353 g/mol. The van der Waals surface area contributed by atoms with E-state index in [0.717, 1.165) is 5.01 Å². The van der Waals surface area contributed by atoms with Crippen molar-refractivity contribution in [2.75, 3.05) is 6.54 Å². The Hall–Kier alpha value is -3.06. The average molecular weight is 353 g/mol. The molecule has 0 saturated heterocycles. The van der Waals surface area contributed by atoms with E-state index in [4.69, 9.17) is 0 Å². The first-order valence-electron chi connectivity index (χ1n) is 7.66. The zero-order valence-corrected chi connectivity index (χ0v) is 14.0. The summed E-state index contributed by atoms with van der Waals surface area (Å²) >= 11 is 1.47. The predicted molar refractivity (Wildman–Crippen MR) is 96.7 cm³/mol. The molecule has 1 N–H and O–H groups in total. The molecule has 25 heavy (non-hydrogen) atoms. The van der Waals surface area contributed by atoms with Crippen LogP contribution in [0.2, 0.25) is 0 Å². The quantitative estimate of drug-likeness (QED) is 0.541. The molecular weight excluding hydrogens is 338 g/mol. The van der Waals surface area contributed by atoms with Gasteiger partial charge in [0.1, 0.15) is 0 Å². The van der Waals surface area contributed by atoms with Crippen LogP contribution in [0, 0.1) is 10.1 Å². The van der Waals surface area contributed by atoms with Crippen molar-refractivity contribution in [2.24, 2.45) is 0 Å². The summed E-state index contributed by atoms with van der Waals surface area (Å²) in [6, 6.07) is 15.4. The molecule has 0 atom stereocenters. The van der Waals surface area contributed by atoms with Crippen molar-refractivity contribution in [1.82, 2.24) is 10.3 Å². The van der Waals surface area contributed by atoms with Gasteiger partial charge in [-0.15, -0.1) is 11.3 Å². The fourth-order valence-electron chi connectivity index (χ4n) is 2.31. The van der Waals surface area contributed by atoms with Crippen LogP contribution in [-0.4, -0.2) is 22.4 Å². The number of non-ortho nitro benzene ring substituents is 1. The Bertz CT molecular complexity index is 893. The number of aromatic nitrogens is 1. The molecule has 3 aromatic rings. The number of nitrogens with zero attached hydrogens (tertiary/aromatic N) is 2. The zero-order valence-electron chi connectivity index (χ0n) is 13.2. The van der Waals surface area contributed by atoms with Crippen molar-refractivity contribution >= 4 is 22.9 Å². The van der Waals surface area contributed by atoms with Crippen LogP contribution >= 0.6 is 11.3 Å². The van der Waals surface area contributed by atoms with E-state index in [-0.39, 0.29) is 11.6 Å². The number of rotatable bonds is 6. The van der Waals surface area contributed by atoms with Gasteiger partial charge in [0.2, 0.25) is 0 Å². The van der Waals surface area contributed by atoms with Crippen molar-refractivity contribution in [3.8, 4) is 11.3 Å². The molecular formula is C18H15N3O3S. The van der Waals surface area contributed by atoms with E-state index in [9.17, 15) is 14.9 Å². The van der Waals surface area contributed by atoms with Gasteiger partial charge in [0, 0.05) is 41.6 Å². The molecule has 1 aromatic heterocycles. The van der Waals surface area contributed by atoms with E-state index in [1.807, 2.05) is 23.6 Å². The van der Waals surface area contributed by atoms with Crippen LogP contribution < -0.4 is 5.32 Å². The highest BCUT2D eigenvalue weighted by Crippen LogP contribution is 2.25. The van der Waals surface area contributed by atoms with Gasteiger partial charge in [-0.25, -0.2) is 4.98 Å². The smallest absolute Gasteiger partial charge is 0.270 e. The normalized spacial score (nSPS) is 10.4. The van der Waals surface area contributed by atoms with Crippen LogP contribution in [0.15, 0.2) is 60.0 Å². The molecule has 0 bridgehead atoms. The third-order valence-electron chi connectivity index (χ3n) is 3.56. The lowest BCUT2D eigenvalue weighted by atomic mass is 10.1. The molecule has 0 aliphatic rings.